The first-order valence-corrected chi connectivity index (χ1v) is 6.73. The van der Waals surface area contributed by atoms with E-state index < -0.39 is 0 Å². The fraction of sp³-hybridized carbons (Fsp3) is 0.462. The highest BCUT2D eigenvalue weighted by atomic mass is 32.2. The molecule has 92 valence electrons. The number of benzene rings is 1. The van der Waals surface area contributed by atoms with Crippen LogP contribution in [-0.2, 0) is 17.7 Å². The topological polar surface area (TPSA) is 29.5 Å². The standard InChI is InChI=1S/C13H17NO2S/c1-14(13(15)16-2)9-10-5-6-12-11(8-10)4-3-7-17-12/h5-6,8H,3-4,7,9H2,1-2H3. The van der Waals surface area contributed by atoms with Crippen molar-refractivity contribution in [1.29, 1.82) is 0 Å². The molecule has 0 fully saturated rings. The average molecular weight is 251 g/mol. The smallest absolute Gasteiger partial charge is 0.409 e. The van der Waals surface area contributed by atoms with Crippen LogP contribution in [0.3, 0.4) is 0 Å². The van der Waals surface area contributed by atoms with Crippen LogP contribution >= 0.6 is 11.8 Å². The molecule has 0 unspecified atom stereocenters. The summed E-state index contributed by atoms with van der Waals surface area (Å²) in [5.74, 6) is 1.22. The van der Waals surface area contributed by atoms with Crippen LogP contribution in [-0.4, -0.2) is 30.9 Å². The molecular formula is C13H17NO2S. The Kier molecular flexibility index (Phi) is 3.94. The second-order valence-corrected chi connectivity index (χ2v) is 5.36. The van der Waals surface area contributed by atoms with Crippen LogP contribution in [0.25, 0.3) is 0 Å². The number of hydrogen-bond acceptors (Lipinski definition) is 3. The van der Waals surface area contributed by atoms with E-state index in [4.69, 9.17) is 0 Å². The number of ether oxygens (including phenoxy) is 1. The maximum Gasteiger partial charge on any atom is 0.409 e. The van der Waals surface area contributed by atoms with E-state index in [9.17, 15) is 4.79 Å². The molecule has 2 rings (SSSR count). The van der Waals surface area contributed by atoms with Crippen molar-refractivity contribution >= 4 is 17.9 Å². The lowest BCUT2D eigenvalue weighted by Gasteiger charge is -2.19. The number of amides is 1. The average Bonchev–Trinajstić information content (AvgIpc) is 2.37. The van der Waals surface area contributed by atoms with E-state index >= 15 is 0 Å². The molecular weight excluding hydrogens is 234 g/mol. The highest BCUT2D eigenvalue weighted by Gasteiger charge is 2.12. The van der Waals surface area contributed by atoms with Gasteiger partial charge in [0.15, 0.2) is 0 Å². The van der Waals surface area contributed by atoms with Crippen LogP contribution in [0.5, 0.6) is 0 Å². The van der Waals surface area contributed by atoms with Crippen molar-refractivity contribution in [2.75, 3.05) is 19.9 Å². The number of rotatable bonds is 2. The molecule has 4 heteroatoms. The number of carbonyl (C=O) groups is 1. The van der Waals surface area contributed by atoms with Gasteiger partial charge in [0.05, 0.1) is 7.11 Å². The lowest BCUT2D eigenvalue weighted by molar-refractivity contribution is 0.131. The molecule has 0 atom stereocenters. The van der Waals surface area contributed by atoms with Gasteiger partial charge in [-0.15, -0.1) is 11.8 Å². The van der Waals surface area contributed by atoms with Crippen molar-refractivity contribution < 1.29 is 9.53 Å². The van der Waals surface area contributed by atoms with Gasteiger partial charge in [-0.05, 0) is 35.8 Å². The first kappa shape index (κ1) is 12.3. The highest BCUT2D eigenvalue weighted by molar-refractivity contribution is 7.99. The van der Waals surface area contributed by atoms with Gasteiger partial charge in [0, 0.05) is 18.5 Å². The minimum atomic E-state index is -0.294. The molecule has 0 radical (unpaired) electrons. The van der Waals surface area contributed by atoms with Crippen LogP contribution in [0.1, 0.15) is 17.5 Å². The van der Waals surface area contributed by atoms with E-state index in [2.05, 4.69) is 22.9 Å². The summed E-state index contributed by atoms with van der Waals surface area (Å²) in [6, 6.07) is 6.47. The maximum absolute atomic E-state index is 11.3. The number of fused-ring (bicyclic) bond motifs is 1. The number of carbonyl (C=O) groups excluding carboxylic acids is 1. The minimum Gasteiger partial charge on any atom is -0.453 e. The van der Waals surface area contributed by atoms with E-state index in [1.54, 1.807) is 11.9 Å². The second-order valence-electron chi connectivity index (χ2n) is 4.22. The SMILES string of the molecule is COC(=O)N(C)Cc1ccc2c(c1)CCCS2. The zero-order chi connectivity index (χ0) is 12.3. The monoisotopic (exact) mass is 251 g/mol. The molecule has 1 aromatic rings. The van der Waals surface area contributed by atoms with Crippen molar-refractivity contribution in [3.05, 3.63) is 29.3 Å². The Morgan fingerprint density at radius 1 is 1.53 bits per heavy atom. The number of nitrogens with zero attached hydrogens (tertiary/aromatic N) is 1. The van der Waals surface area contributed by atoms with Crippen LogP contribution < -0.4 is 0 Å². The third-order valence-corrected chi connectivity index (χ3v) is 4.08. The summed E-state index contributed by atoms with van der Waals surface area (Å²) in [6.07, 6.45) is 2.10. The predicted molar refractivity (Wildman–Crippen MR) is 69.4 cm³/mol. The Morgan fingerprint density at radius 2 is 2.35 bits per heavy atom. The molecule has 0 spiro atoms. The van der Waals surface area contributed by atoms with Gasteiger partial charge in [0.1, 0.15) is 0 Å². The van der Waals surface area contributed by atoms with Gasteiger partial charge < -0.3 is 9.64 Å². The van der Waals surface area contributed by atoms with Crippen LogP contribution in [0.4, 0.5) is 4.79 Å². The van der Waals surface area contributed by atoms with Crippen molar-refractivity contribution in [2.24, 2.45) is 0 Å². The third kappa shape index (κ3) is 2.94. The van der Waals surface area contributed by atoms with Gasteiger partial charge in [-0.25, -0.2) is 4.79 Å². The zero-order valence-corrected chi connectivity index (χ0v) is 11.0. The molecule has 1 aromatic carbocycles. The van der Waals surface area contributed by atoms with E-state index in [0.29, 0.717) is 6.54 Å². The van der Waals surface area contributed by atoms with Crippen molar-refractivity contribution in [1.82, 2.24) is 4.90 Å². The van der Waals surface area contributed by atoms with Crippen molar-refractivity contribution in [3.63, 3.8) is 0 Å². The fourth-order valence-corrected chi connectivity index (χ4v) is 3.03. The number of hydrogen-bond donors (Lipinski definition) is 0. The molecule has 1 heterocycles. The first-order valence-electron chi connectivity index (χ1n) is 5.74. The summed E-state index contributed by atoms with van der Waals surface area (Å²) in [6.45, 7) is 0.602. The highest BCUT2D eigenvalue weighted by Crippen LogP contribution is 2.30. The number of aryl methyl sites for hydroxylation is 1. The summed E-state index contributed by atoms with van der Waals surface area (Å²) < 4.78 is 4.68. The van der Waals surface area contributed by atoms with Crippen LogP contribution in [0.2, 0.25) is 0 Å². The molecule has 1 aliphatic heterocycles. The molecule has 0 saturated carbocycles. The van der Waals surface area contributed by atoms with E-state index in [0.717, 1.165) is 6.42 Å². The number of thioether (sulfide) groups is 1. The molecule has 1 aliphatic rings. The van der Waals surface area contributed by atoms with E-state index in [1.165, 1.54) is 35.3 Å². The molecule has 0 saturated heterocycles. The summed E-state index contributed by atoms with van der Waals surface area (Å²) in [4.78, 5) is 14.3. The van der Waals surface area contributed by atoms with Gasteiger partial charge >= 0.3 is 6.09 Å². The molecule has 0 aliphatic carbocycles. The Hall–Kier alpha value is -1.16. The van der Waals surface area contributed by atoms with Crippen molar-refractivity contribution in [3.8, 4) is 0 Å². The molecule has 0 aromatic heterocycles. The predicted octanol–water partition coefficient (Wildman–Crippen LogP) is 2.92. The molecule has 0 bridgehead atoms. The van der Waals surface area contributed by atoms with Gasteiger partial charge in [-0.1, -0.05) is 12.1 Å². The van der Waals surface area contributed by atoms with E-state index in [1.807, 2.05) is 11.8 Å². The Labute approximate surface area is 106 Å². The maximum atomic E-state index is 11.3. The summed E-state index contributed by atoms with van der Waals surface area (Å²) in [7, 11) is 3.16. The van der Waals surface area contributed by atoms with Crippen LogP contribution in [0.15, 0.2) is 23.1 Å². The molecule has 0 N–H and O–H groups in total. The lowest BCUT2D eigenvalue weighted by atomic mass is 10.1. The zero-order valence-electron chi connectivity index (χ0n) is 10.2. The quantitative estimate of drug-likeness (QED) is 0.809. The minimum absolute atomic E-state index is 0.294. The normalized spacial score (nSPS) is 14.0. The fourth-order valence-electron chi connectivity index (χ4n) is 2.01. The summed E-state index contributed by atoms with van der Waals surface area (Å²) in [5, 5.41) is 0. The van der Waals surface area contributed by atoms with Gasteiger partial charge in [0.2, 0.25) is 0 Å². The third-order valence-electron chi connectivity index (χ3n) is 2.88. The van der Waals surface area contributed by atoms with Gasteiger partial charge in [-0.2, -0.15) is 0 Å². The molecule has 17 heavy (non-hydrogen) atoms. The number of methoxy groups -OCH3 is 1. The largest absolute Gasteiger partial charge is 0.453 e. The summed E-state index contributed by atoms with van der Waals surface area (Å²) in [5.41, 5.74) is 2.58. The molecule has 3 nitrogen and oxygen atoms in total. The van der Waals surface area contributed by atoms with Gasteiger partial charge in [0.25, 0.3) is 0 Å². The molecule has 1 amide bonds. The van der Waals surface area contributed by atoms with Crippen LogP contribution in [0, 0.1) is 0 Å². The summed E-state index contributed by atoms with van der Waals surface area (Å²) >= 11 is 1.92. The Balaban J connectivity index is 2.09. The Morgan fingerprint density at radius 3 is 3.12 bits per heavy atom. The first-order chi connectivity index (χ1) is 8.20. The van der Waals surface area contributed by atoms with Gasteiger partial charge in [-0.3, -0.25) is 0 Å². The lowest BCUT2D eigenvalue weighted by Crippen LogP contribution is -2.25. The second kappa shape index (κ2) is 5.45. The van der Waals surface area contributed by atoms with Crippen molar-refractivity contribution in [2.45, 2.75) is 24.3 Å². The Bertz CT molecular complexity index is 420. The van der Waals surface area contributed by atoms with E-state index in [-0.39, 0.29) is 6.09 Å².